The molecule has 3 rings (SSSR count). The van der Waals surface area contributed by atoms with E-state index in [4.69, 9.17) is 9.47 Å². The van der Waals surface area contributed by atoms with E-state index in [1.54, 1.807) is 0 Å². The number of hydrogen-bond donors (Lipinski definition) is 1. The number of aryl methyl sites for hydroxylation is 1. The van der Waals surface area contributed by atoms with Crippen molar-refractivity contribution in [3.8, 4) is 22.8 Å². The van der Waals surface area contributed by atoms with E-state index in [1.165, 1.54) is 16.9 Å². The largest absolute Gasteiger partial charge is 0.494 e. The van der Waals surface area contributed by atoms with Crippen molar-refractivity contribution >= 4 is 38.3 Å². The molecular weight excluding hydrogens is 476 g/mol. The van der Waals surface area contributed by atoms with E-state index < -0.39 is 0 Å². The normalized spacial score (nSPS) is 10.7. The molecule has 0 saturated heterocycles. The predicted octanol–water partition coefficient (Wildman–Crippen LogP) is 6.72. The Morgan fingerprint density at radius 2 is 1.90 bits per heavy atom. The summed E-state index contributed by atoms with van der Waals surface area (Å²) in [6.45, 7) is 5.38. The summed E-state index contributed by atoms with van der Waals surface area (Å²) in [4.78, 5) is 16.8. The third kappa shape index (κ3) is 7.08. The van der Waals surface area contributed by atoms with Crippen LogP contribution < -0.4 is 14.8 Å². The van der Waals surface area contributed by atoms with Crippen LogP contribution in [0, 0.1) is 0 Å². The van der Waals surface area contributed by atoms with Crippen molar-refractivity contribution in [3.05, 3.63) is 57.9 Å². The fraction of sp³-hybridized carbons (Fsp3) is 0.333. The highest BCUT2D eigenvalue weighted by Crippen LogP contribution is 2.28. The number of amides is 1. The van der Waals surface area contributed by atoms with Crippen LogP contribution in [0.1, 0.15) is 38.7 Å². The summed E-state index contributed by atoms with van der Waals surface area (Å²) in [6, 6.07) is 13.9. The van der Waals surface area contributed by atoms with Crippen LogP contribution in [0.2, 0.25) is 0 Å². The zero-order chi connectivity index (χ0) is 22.1. The fourth-order valence-corrected chi connectivity index (χ4v) is 4.16. The van der Waals surface area contributed by atoms with Gasteiger partial charge in [0.05, 0.1) is 23.4 Å². The van der Waals surface area contributed by atoms with Crippen molar-refractivity contribution in [3.63, 3.8) is 0 Å². The summed E-state index contributed by atoms with van der Waals surface area (Å²) in [5.74, 6) is 1.59. The van der Waals surface area contributed by atoms with Gasteiger partial charge in [-0.15, -0.1) is 11.3 Å². The number of nitrogens with zero attached hydrogens (tertiary/aromatic N) is 1. The molecule has 0 atom stereocenters. The average Bonchev–Trinajstić information content (AvgIpc) is 3.24. The minimum Gasteiger partial charge on any atom is -0.494 e. The SMILES string of the molecule is CCCOc1ccc(-c2csc(NC(=O)CCCOc3ccc(CC)cc3Br)n2)cc1. The maximum atomic E-state index is 12.2. The third-order valence-corrected chi connectivity index (χ3v) is 5.96. The van der Waals surface area contributed by atoms with E-state index in [2.05, 4.69) is 52.2 Å². The molecule has 3 aromatic rings. The summed E-state index contributed by atoms with van der Waals surface area (Å²) < 4.78 is 12.3. The number of nitrogens with one attached hydrogen (secondary N) is 1. The average molecular weight is 503 g/mol. The summed E-state index contributed by atoms with van der Waals surface area (Å²) in [5, 5.41) is 5.42. The second kappa shape index (κ2) is 11.9. The Balaban J connectivity index is 1.43. The Morgan fingerprint density at radius 3 is 2.61 bits per heavy atom. The first kappa shape index (κ1) is 23.3. The van der Waals surface area contributed by atoms with Crippen LogP contribution in [0.4, 0.5) is 5.13 Å². The van der Waals surface area contributed by atoms with Gasteiger partial charge in [-0.25, -0.2) is 4.98 Å². The highest BCUT2D eigenvalue weighted by Gasteiger charge is 2.09. The highest BCUT2D eigenvalue weighted by atomic mass is 79.9. The van der Waals surface area contributed by atoms with Gasteiger partial charge >= 0.3 is 0 Å². The van der Waals surface area contributed by atoms with Gasteiger partial charge in [0.15, 0.2) is 5.13 Å². The van der Waals surface area contributed by atoms with Crippen LogP contribution in [0.25, 0.3) is 11.3 Å². The number of benzene rings is 2. The molecule has 0 fully saturated rings. The zero-order valence-corrected chi connectivity index (χ0v) is 20.2. The number of halogens is 1. The number of carbonyl (C=O) groups excluding carboxylic acids is 1. The van der Waals surface area contributed by atoms with Crippen molar-refractivity contribution < 1.29 is 14.3 Å². The molecule has 0 radical (unpaired) electrons. The summed E-state index contributed by atoms with van der Waals surface area (Å²) in [5.41, 5.74) is 3.09. The first-order valence-corrected chi connectivity index (χ1v) is 12.2. The van der Waals surface area contributed by atoms with Crippen molar-refractivity contribution in [2.75, 3.05) is 18.5 Å². The molecule has 1 aromatic heterocycles. The maximum absolute atomic E-state index is 12.2. The van der Waals surface area contributed by atoms with Crippen LogP contribution in [-0.4, -0.2) is 24.1 Å². The Bertz CT molecular complexity index is 989. The highest BCUT2D eigenvalue weighted by molar-refractivity contribution is 9.10. The van der Waals surface area contributed by atoms with Gasteiger partial charge < -0.3 is 14.8 Å². The van der Waals surface area contributed by atoms with Gasteiger partial charge in [-0.3, -0.25) is 4.79 Å². The first-order valence-electron chi connectivity index (χ1n) is 10.5. The van der Waals surface area contributed by atoms with Gasteiger partial charge in [0.2, 0.25) is 5.91 Å². The number of carbonyl (C=O) groups is 1. The molecule has 5 nitrogen and oxygen atoms in total. The Morgan fingerprint density at radius 1 is 1.10 bits per heavy atom. The van der Waals surface area contributed by atoms with Gasteiger partial charge in [0.25, 0.3) is 0 Å². The Hall–Kier alpha value is -2.38. The van der Waals surface area contributed by atoms with Crippen LogP contribution in [-0.2, 0) is 11.2 Å². The Kier molecular flexibility index (Phi) is 8.91. The molecule has 164 valence electrons. The van der Waals surface area contributed by atoms with E-state index in [-0.39, 0.29) is 5.91 Å². The summed E-state index contributed by atoms with van der Waals surface area (Å²) >= 11 is 4.95. The fourth-order valence-electron chi connectivity index (χ4n) is 2.88. The molecule has 0 aliphatic heterocycles. The van der Waals surface area contributed by atoms with E-state index in [1.807, 2.05) is 35.7 Å². The number of anilines is 1. The van der Waals surface area contributed by atoms with E-state index in [9.17, 15) is 4.79 Å². The Labute approximate surface area is 195 Å². The van der Waals surface area contributed by atoms with E-state index in [0.29, 0.717) is 31.2 Å². The molecule has 0 unspecified atom stereocenters. The van der Waals surface area contributed by atoms with Crippen LogP contribution in [0.5, 0.6) is 11.5 Å². The minimum atomic E-state index is -0.0618. The lowest BCUT2D eigenvalue weighted by Gasteiger charge is -2.09. The second-order valence-corrected chi connectivity index (χ2v) is 8.74. The van der Waals surface area contributed by atoms with Crippen LogP contribution >= 0.6 is 27.3 Å². The molecule has 0 aliphatic carbocycles. The zero-order valence-electron chi connectivity index (χ0n) is 17.8. The first-order chi connectivity index (χ1) is 15.1. The number of rotatable bonds is 11. The maximum Gasteiger partial charge on any atom is 0.226 e. The quantitative estimate of drug-likeness (QED) is 0.295. The minimum absolute atomic E-state index is 0.0618. The molecule has 0 spiro atoms. The van der Waals surface area contributed by atoms with Crippen molar-refractivity contribution in [2.24, 2.45) is 0 Å². The van der Waals surface area contributed by atoms with E-state index >= 15 is 0 Å². The standard InChI is InChI=1S/C24H27BrN2O3S/c1-3-13-29-19-10-8-18(9-11-19)21-16-31-24(26-21)27-23(28)6-5-14-30-22-12-7-17(4-2)15-20(22)25/h7-12,15-16H,3-6,13-14H2,1-2H3,(H,26,27,28). The molecule has 0 bridgehead atoms. The number of thiazole rings is 1. The number of hydrogen-bond acceptors (Lipinski definition) is 5. The van der Waals surface area contributed by atoms with Gasteiger partial charge in [-0.1, -0.05) is 19.9 Å². The lowest BCUT2D eigenvalue weighted by atomic mass is 10.2. The van der Waals surface area contributed by atoms with Crippen molar-refractivity contribution in [2.45, 2.75) is 39.5 Å². The smallest absolute Gasteiger partial charge is 0.226 e. The summed E-state index contributed by atoms with van der Waals surface area (Å²) in [6.07, 6.45) is 2.97. The van der Waals surface area contributed by atoms with Crippen molar-refractivity contribution in [1.82, 2.24) is 4.98 Å². The van der Waals surface area contributed by atoms with Crippen LogP contribution in [0.15, 0.2) is 52.3 Å². The van der Waals surface area contributed by atoms with E-state index in [0.717, 1.165) is 40.1 Å². The molecule has 1 heterocycles. The molecule has 2 aromatic carbocycles. The molecular formula is C24H27BrN2O3S. The topological polar surface area (TPSA) is 60.5 Å². The van der Waals surface area contributed by atoms with Gasteiger partial charge in [0.1, 0.15) is 11.5 Å². The lowest BCUT2D eigenvalue weighted by molar-refractivity contribution is -0.116. The van der Waals surface area contributed by atoms with Crippen molar-refractivity contribution in [1.29, 1.82) is 0 Å². The van der Waals surface area contributed by atoms with Gasteiger partial charge in [-0.05, 0) is 77.2 Å². The monoisotopic (exact) mass is 502 g/mol. The lowest BCUT2D eigenvalue weighted by Crippen LogP contribution is -2.12. The van der Waals surface area contributed by atoms with Crippen LogP contribution in [0.3, 0.4) is 0 Å². The third-order valence-electron chi connectivity index (χ3n) is 4.58. The summed E-state index contributed by atoms with van der Waals surface area (Å²) in [7, 11) is 0. The molecule has 1 N–H and O–H groups in total. The molecule has 0 saturated carbocycles. The van der Waals surface area contributed by atoms with Gasteiger partial charge in [0, 0.05) is 17.4 Å². The number of ether oxygens (including phenoxy) is 2. The molecule has 0 aliphatic rings. The predicted molar refractivity (Wildman–Crippen MR) is 130 cm³/mol. The molecule has 31 heavy (non-hydrogen) atoms. The van der Waals surface area contributed by atoms with Gasteiger partial charge in [-0.2, -0.15) is 0 Å². The molecule has 1 amide bonds. The second-order valence-electron chi connectivity index (χ2n) is 7.03. The number of aromatic nitrogens is 1. The molecule has 7 heteroatoms.